The molecule has 7 heteroatoms. The lowest BCUT2D eigenvalue weighted by Gasteiger charge is -2.25. The van der Waals surface area contributed by atoms with Gasteiger partial charge in [-0.05, 0) is 66.8 Å². The summed E-state index contributed by atoms with van der Waals surface area (Å²) in [6.07, 6.45) is 5.04. The number of nitrogens with zero attached hydrogens (tertiary/aromatic N) is 1. The molecule has 1 saturated carbocycles. The number of carbonyl (C=O) groups excluding carboxylic acids is 2. The number of carbonyl (C=O) groups is 3. The van der Waals surface area contributed by atoms with Gasteiger partial charge in [0.15, 0.2) is 0 Å². The van der Waals surface area contributed by atoms with Crippen LogP contribution in [-0.2, 0) is 9.53 Å². The SMILES string of the molecule is C1CC2CC1O2.CCOc1ccc(C(CC(=O)O)N2C(=O)c3cc4ccccc4cc3C2=O)cc1. The number of imide groups is 1. The zero-order valence-electron chi connectivity index (χ0n) is 19.5. The fraction of sp³-hybridized carbons (Fsp3) is 0.321. The topological polar surface area (TPSA) is 93.1 Å². The lowest BCUT2D eigenvalue weighted by molar-refractivity contribution is -0.138. The molecule has 2 bridgehead atoms. The van der Waals surface area contributed by atoms with E-state index in [0.29, 0.717) is 41.3 Å². The van der Waals surface area contributed by atoms with E-state index in [4.69, 9.17) is 9.47 Å². The van der Waals surface area contributed by atoms with Crippen LogP contribution in [0.2, 0.25) is 0 Å². The van der Waals surface area contributed by atoms with Crippen molar-refractivity contribution in [2.24, 2.45) is 0 Å². The molecule has 2 amide bonds. The van der Waals surface area contributed by atoms with Gasteiger partial charge in [0.05, 0.1) is 42.4 Å². The summed E-state index contributed by atoms with van der Waals surface area (Å²) in [7, 11) is 0. The van der Waals surface area contributed by atoms with Crippen molar-refractivity contribution in [3.8, 4) is 5.75 Å². The minimum absolute atomic E-state index is 0.301. The second-order valence-corrected chi connectivity index (χ2v) is 9.03. The predicted molar refractivity (Wildman–Crippen MR) is 130 cm³/mol. The summed E-state index contributed by atoms with van der Waals surface area (Å²) < 4.78 is 10.7. The monoisotopic (exact) mass is 473 g/mol. The highest BCUT2D eigenvalue weighted by molar-refractivity contribution is 6.23. The smallest absolute Gasteiger partial charge is 0.305 e. The van der Waals surface area contributed by atoms with Crippen LogP contribution in [0.4, 0.5) is 0 Å². The first-order valence-electron chi connectivity index (χ1n) is 11.9. The van der Waals surface area contributed by atoms with Crippen LogP contribution in [0, 0.1) is 0 Å². The first kappa shape index (κ1) is 23.1. The Bertz CT molecular complexity index is 1210. The largest absolute Gasteiger partial charge is 0.494 e. The lowest BCUT2D eigenvalue weighted by Crippen LogP contribution is -2.35. The van der Waals surface area contributed by atoms with Crippen molar-refractivity contribution in [3.63, 3.8) is 0 Å². The molecule has 180 valence electrons. The summed E-state index contributed by atoms with van der Waals surface area (Å²) in [5.74, 6) is -1.41. The van der Waals surface area contributed by atoms with Gasteiger partial charge in [0.1, 0.15) is 5.75 Å². The van der Waals surface area contributed by atoms with Gasteiger partial charge in [0, 0.05) is 0 Å². The van der Waals surface area contributed by atoms with Gasteiger partial charge < -0.3 is 14.6 Å². The van der Waals surface area contributed by atoms with Gasteiger partial charge in [-0.15, -0.1) is 0 Å². The summed E-state index contributed by atoms with van der Waals surface area (Å²) in [4.78, 5) is 38.8. The van der Waals surface area contributed by atoms with E-state index in [2.05, 4.69) is 0 Å². The number of rotatable bonds is 6. The molecule has 0 radical (unpaired) electrons. The molecule has 3 unspecified atom stereocenters. The zero-order valence-corrected chi connectivity index (χ0v) is 19.5. The fourth-order valence-electron chi connectivity index (χ4n) is 5.00. The van der Waals surface area contributed by atoms with Crippen LogP contribution in [0.25, 0.3) is 10.8 Å². The lowest BCUT2D eigenvalue weighted by atomic mass is 10.0. The second kappa shape index (κ2) is 9.50. The van der Waals surface area contributed by atoms with Crippen LogP contribution in [-0.4, -0.2) is 46.6 Å². The molecule has 3 heterocycles. The molecule has 7 nitrogen and oxygen atoms in total. The van der Waals surface area contributed by atoms with E-state index in [0.717, 1.165) is 15.7 Å². The maximum absolute atomic E-state index is 13.1. The Hall–Kier alpha value is -3.71. The molecule has 4 aliphatic rings. The number of aliphatic carboxylic acids is 1. The fourth-order valence-corrected chi connectivity index (χ4v) is 5.00. The Morgan fingerprint density at radius 1 is 1.00 bits per heavy atom. The Morgan fingerprint density at radius 2 is 1.54 bits per heavy atom. The maximum atomic E-state index is 13.1. The highest BCUT2D eigenvalue weighted by atomic mass is 16.5. The number of benzene rings is 3. The van der Waals surface area contributed by atoms with E-state index >= 15 is 0 Å². The third-order valence-corrected chi connectivity index (χ3v) is 6.76. The second-order valence-electron chi connectivity index (χ2n) is 9.03. The number of amides is 2. The predicted octanol–water partition coefficient (Wildman–Crippen LogP) is 4.99. The van der Waals surface area contributed by atoms with Crippen LogP contribution >= 0.6 is 0 Å². The molecule has 2 saturated heterocycles. The van der Waals surface area contributed by atoms with E-state index in [-0.39, 0.29) is 6.42 Å². The number of carboxylic acids is 1. The van der Waals surface area contributed by atoms with Gasteiger partial charge in [-0.1, -0.05) is 36.4 Å². The molecule has 35 heavy (non-hydrogen) atoms. The normalized spacial score (nSPS) is 20.7. The Morgan fingerprint density at radius 3 is 1.97 bits per heavy atom. The van der Waals surface area contributed by atoms with Crippen molar-refractivity contribution in [2.75, 3.05) is 6.61 Å². The van der Waals surface area contributed by atoms with Crippen molar-refractivity contribution >= 4 is 28.6 Å². The molecule has 3 aromatic carbocycles. The minimum atomic E-state index is -1.09. The van der Waals surface area contributed by atoms with Crippen LogP contribution in [0.15, 0.2) is 60.7 Å². The Labute approximate surface area is 203 Å². The van der Waals surface area contributed by atoms with Crippen molar-refractivity contribution in [1.29, 1.82) is 0 Å². The molecule has 0 aromatic heterocycles. The molecule has 3 aromatic rings. The molecule has 3 atom stereocenters. The van der Waals surface area contributed by atoms with Crippen LogP contribution < -0.4 is 4.74 Å². The van der Waals surface area contributed by atoms with Crippen molar-refractivity contribution in [1.82, 2.24) is 4.90 Å². The quantitative estimate of drug-likeness (QED) is 0.507. The van der Waals surface area contributed by atoms with E-state index in [1.807, 2.05) is 31.2 Å². The van der Waals surface area contributed by atoms with E-state index < -0.39 is 23.8 Å². The van der Waals surface area contributed by atoms with Gasteiger partial charge >= 0.3 is 5.97 Å². The molecule has 0 spiro atoms. The Kier molecular flexibility index (Phi) is 6.26. The standard InChI is InChI=1S/C23H19NO5.C5H8O/c1-2-29-17-9-7-14(8-10-17)20(13-21(25)26)24-22(27)18-11-15-5-3-4-6-16(15)12-19(18)23(24)28;1-2-5-3-4(1)6-5/h3-12,20H,2,13H2,1H3,(H,25,26);4-5H,1-3H2. The zero-order chi connectivity index (χ0) is 24.5. The highest BCUT2D eigenvalue weighted by Crippen LogP contribution is 2.37. The van der Waals surface area contributed by atoms with Crippen molar-refractivity contribution in [3.05, 3.63) is 77.4 Å². The van der Waals surface area contributed by atoms with Crippen LogP contribution in [0.3, 0.4) is 0 Å². The first-order valence-corrected chi connectivity index (χ1v) is 11.9. The maximum Gasteiger partial charge on any atom is 0.305 e. The van der Waals surface area contributed by atoms with Gasteiger partial charge in [-0.3, -0.25) is 19.3 Å². The summed E-state index contributed by atoms with van der Waals surface area (Å²) >= 11 is 0. The number of fused-ring (bicyclic) bond motifs is 3. The van der Waals surface area contributed by atoms with Crippen molar-refractivity contribution in [2.45, 2.75) is 50.9 Å². The molecule has 1 N–H and O–H groups in total. The average molecular weight is 474 g/mol. The van der Waals surface area contributed by atoms with Crippen LogP contribution in [0.5, 0.6) is 5.75 Å². The number of hydrogen-bond donors (Lipinski definition) is 1. The third kappa shape index (κ3) is 4.51. The van der Waals surface area contributed by atoms with Crippen LogP contribution in [0.1, 0.15) is 64.9 Å². The van der Waals surface area contributed by atoms with Gasteiger partial charge in [-0.25, -0.2) is 0 Å². The van der Waals surface area contributed by atoms with Crippen molar-refractivity contribution < 1.29 is 29.0 Å². The molecular formula is C28H27NO6. The summed E-state index contributed by atoms with van der Waals surface area (Å²) in [6, 6.07) is 16.8. The van der Waals surface area contributed by atoms with E-state index in [9.17, 15) is 19.5 Å². The molecule has 7 rings (SSSR count). The highest BCUT2D eigenvalue weighted by Gasteiger charge is 2.41. The molecule has 1 aliphatic carbocycles. The Balaban J connectivity index is 0.000000362. The average Bonchev–Trinajstić information content (AvgIpc) is 3.55. The van der Waals surface area contributed by atoms with Gasteiger partial charge in [0.25, 0.3) is 11.8 Å². The number of hydrogen-bond acceptors (Lipinski definition) is 5. The van der Waals surface area contributed by atoms with E-state index in [1.165, 1.54) is 19.3 Å². The minimum Gasteiger partial charge on any atom is -0.494 e. The number of ether oxygens (including phenoxy) is 2. The summed E-state index contributed by atoms with van der Waals surface area (Å²) in [5, 5.41) is 11.1. The molecular weight excluding hydrogens is 446 g/mol. The summed E-state index contributed by atoms with van der Waals surface area (Å²) in [6.45, 7) is 2.37. The number of carboxylic acid groups (broad SMARTS) is 1. The van der Waals surface area contributed by atoms with Gasteiger partial charge in [0.2, 0.25) is 0 Å². The molecule has 3 aliphatic heterocycles. The first-order chi connectivity index (χ1) is 16.9. The van der Waals surface area contributed by atoms with E-state index in [1.54, 1.807) is 36.4 Å². The summed E-state index contributed by atoms with van der Waals surface area (Å²) in [5.41, 5.74) is 1.17. The molecule has 3 fully saturated rings. The van der Waals surface area contributed by atoms with Gasteiger partial charge in [-0.2, -0.15) is 0 Å². The third-order valence-electron chi connectivity index (χ3n) is 6.76.